The van der Waals surface area contributed by atoms with Crippen LogP contribution >= 0.6 is 0 Å². The summed E-state index contributed by atoms with van der Waals surface area (Å²) >= 11 is 0. The Kier molecular flexibility index (Phi) is 6.87. The molecule has 1 atom stereocenters. The number of aryl methyl sites for hydroxylation is 2. The van der Waals surface area contributed by atoms with Crippen LogP contribution in [-0.4, -0.2) is 53.3 Å². The summed E-state index contributed by atoms with van der Waals surface area (Å²) in [5.74, 6) is -0.601. The van der Waals surface area contributed by atoms with E-state index in [0.717, 1.165) is 52.6 Å². The highest BCUT2D eigenvalue weighted by Gasteiger charge is 2.42. The van der Waals surface area contributed by atoms with Gasteiger partial charge in [0.15, 0.2) is 5.65 Å². The van der Waals surface area contributed by atoms with Gasteiger partial charge in [0.1, 0.15) is 21.5 Å². The third-order valence-corrected chi connectivity index (χ3v) is 9.21. The van der Waals surface area contributed by atoms with E-state index < -0.39 is 28.6 Å². The van der Waals surface area contributed by atoms with Crippen molar-refractivity contribution in [1.29, 1.82) is 0 Å². The highest BCUT2D eigenvalue weighted by molar-refractivity contribution is 7.82. The molecule has 0 amide bonds. The molecule has 1 unspecified atom stereocenters. The van der Waals surface area contributed by atoms with Crippen molar-refractivity contribution < 1.29 is 22.1 Å². The number of rotatable bonds is 4. The van der Waals surface area contributed by atoms with Gasteiger partial charge in [-0.2, -0.15) is 13.2 Å². The van der Waals surface area contributed by atoms with Crippen LogP contribution in [-0.2, 0) is 30.1 Å². The lowest BCUT2D eigenvalue weighted by Crippen LogP contribution is -2.52. The molecule has 40 heavy (non-hydrogen) atoms. The number of hydrogen-bond donors (Lipinski definition) is 1. The molecule has 210 valence electrons. The van der Waals surface area contributed by atoms with Crippen molar-refractivity contribution in [1.82, 2.24) is 29.2 Å². The van der Waals surface area contributed by atoms with Gasteiger partial charge >= 0.3 is 6.18 Å². The first-order chi connectivity index (χ1) is 19.1. The normalized spacial score (nSPS) is 19.4. The number of nitrogens with one attached hydrogen (secondary N) is 1. The molecule has 1 saturated heterocycles. The lowest BCUT2D eigenvalue weighted by molar-refractivity contribution is -0.145. The standard InChI is InChI=1S/C28H29F3N6O2S/c1-18-5-6-20(14-21-7-13-37-24(19(21)2)34-35-26(37)28(29,30)31)15-22(18)16-36-17-27(8-11-32-12-9-27)39-25-23(40(36)38)4-3-10-33-25/h3-7,10,13,15,32H,8-9,11-12,14,16-17H2,1-2H3. The average molecular weight is 571 g/mol. The first-order valence-corrected chi connectivity index (χ1v) is 14.2. The van der Waals surface area contributed by atoms with Gasteiger partial charge in [0.05, 0.1) is 6.54 Å². The predicted molar refractivity (Wildman–Crippen MR) is 143 cm³/mol. The SMILES string of the molecule is Cc1ccc(Cc2ccn3c(C(F)(F)F)nnc3c2C)cc1CN1CC2(CCNCC2)Oc2ncccc2S1=O. The van der Waals surface area contributed by atoms with Crippen LogP contribution in [0.4, 0.5) is 13.2 Å². The summed E-state index contributed by atoms with van der Waals surface area (Å²) in [6, 6.07) is 11.4. The average Bonchev–Trinajstić information content (AvgIpc) is 3.34. The van der Waals surface area contributed by atoms with Crippen LogP contribution in [0.25, 0.3) is 5.65 Å². The minimum absolute atomic E-state index is 0.191. The van der Waals surface area contributed by atoms with Crippen LogP contribution in [0.5, 0.6) is 5.88 Å². The summed E-state index contributed by atoms with van der Waals surface area (Å²) < 4.78 is 63.1. The molecule has 0 saturated carbocycles. The van der Waals surface area contributed by atoms with E-state index in [-0.39, 0.29) is 5.65 Å². The van der Waals surface area contributed by atoms with Crippen LogP contribution in [0.1, 0.15) is 46.5 Å². The maximum atomic E-state index is 13.8. The largest absolute Gasteiger partial charge is 0.469 e. The lowest BCUT2D eigenvalue weighted by atomic mass is 9.91. The Morgan fingerprint density at radius 2 is 1.90 bits per heavy atom. The van der Waals surface area contributed by atoms with Crippen LogP contribution < -0.4 is 10.1 Å². The van der Waals surface area contributed by atoms with Gasteiger partial charge in [0.25, 0.3) is 0 Å². The molecule has 3 aromatic heterocycles. The summed E-state index contributed by atoms with van der Waals surface area (Å²) in [5, 5.41) is 10.6. The van der Waals surface area contributed by atoms with Crippen molar-refractivity contribution in [3.63, 3.8) is 0 Å². The highest BCUT2D eigenvalue weighted by Crippen LogP contribution is 2.36. The van der Waals surface area contributed by atoms with Crippen molar-refractivity contribution >= 4 is 16.6 Å². The molecule has 4 aromatic rings. The number of ether oxygens (including phenoxy) is 1. The lowest BCUT2D eigenvalue weighted by Gasteiger charge is -2.38. The van der Waals surface area contributed by atoms with E-state index in [1.807, 2.05) is 29.4 Å². The first-order valence-electron chi connectivity index (χ1n) is 13.1. The van der Waals surface area contributed by atoms with Crippen molar-refractivity contribution in [2.75, 3.05) is 19.6 Å². The summed E-state index contributed by atoms with van der Waals surface area (Å²) in [6.07, 6.45) is 0.544. The number of halogens is 3. The second-order valence-electron chi connectivity index (χ2n) is 10.5. The molecular weight excluding hydrogens is 541 g/mol. The van der Waals surface area contributed by atoms with Crippen LogP contribution in [0.15, 0.2) is 53.7 Å². The predicted octanol–water partition coefficient (Wildman–Crippen LogP) is 4.39. The topological polar surface area (TPSA) is 84.7 Å². The first kappa shape index (κ1) is 26.9. The quantitative estimate of drug-likeness (QED) is 0.392. The maximum absolute atomic E-state index is 13.8. The molecular formula is C28H29F3N6O2S. The Balaban J connectivity index is 1.30. The van der Waals surface area contributed by atoms with E-state index in [9.17, 15) is 17.4 Å². The second kappa shape index (κ2) is 10.2. The van der Waals surface area contributed by atoms with E-state index in [2.05, 4.69) is 26.6 Å². The number of nitrogens with zero attached hydrogens (tertiary/aromatic N) is 5. The minimum atomic E-state index is -4.58. The van der Waals surface area contributed by atoms with Gasteiger partial charge in [-0.25, -0.2) is 13.5 Å². The molecule has 1 N–H and O–H groups in total. The zero-order valence-corrected chi connectivity index (χ0v) is 23.0. The van der Waals surface area contributed by atoms with Gasteiger partial charge in [-0.3, -0.25) is 4.40 Å². The number of piperidine rings is 1. The van der Waals surface area contributed by atoms with E-state index in [4.69, 9.17) is 4.74 Å². The third-order valence-electron chi connectivity index (χ3n) is 7.80. The number of benzene rings is 1. The molecule has 2 aliphatic heterocycles. The highest BCUT2D eigenvalue weighted by atomic mass is 32.2. The fourth-order valence-corrected chi connectivity index (χ4v) is 6.85. The van der Waals surface area contributed by atoms with Gasteiger partial charge in [0, 0.05) is 31.8 Å². The molecule has 2 aliphatic rings. The van der Waals surface area contributed by atoms with Gasteiger partial charge in [-0.1, -0.05) is 18.2 Å². The van der Waals surface area contributed by atoms with Crippen molar-refractivity contribution in [3.8, 4) is 5.88 Å². The zero-order chi connectivity index (χ0) is 28.1. The Morgan fingerprint density at radius 1 is 1.10 bits per heavy atom. The second-order valence-corrected chi connectivity index (χ2v) is 12.0. The van der Waals surface area contributed by atoms with E-state index >= 15 is 0 Å². The minimum Gasteiger partial charge on any atom is -0.469 e. The number of aromatic nitrogens is 4. The molecule has 1 fully saturated rings. The fourth-order valence-electron chi connectivity index (χ4n) is 5.52. The number of pyridine rings is 2. The number of fused-ring (bicyclic) bond motifs is 2. The molecule has 1 spiro atoms. The van der Waals surface area contributed by atoms with Crippen LogP contribution in [0.3, 0.4) is 0 Å². The smallest absolute Gasteiger partial charge is 0.452 e. The Bertz CT molecular complexity index is 1600. The fraction of sp³-hybridized carbons (Fsp3) is 0.393. The van der Waals surface area contributed by atoms with Crippen LogP contribution in [0.2, 0.25) is 0 Å². The van der Waals surface area contributed by atoms with E-state index in [1.54, 1.807) is 25.3 Å². The van der Waals surface area contributed by atoms with E-state index in [1.165, 1.54) is 6.20 Å². The molecule has 0 aliphatic carbocycles. The van der Waals surface area contributed by atoms with E-state index in [0.29, 0.717) is 35.8 Å². The molecule has 0 radical (unpaired) electrons. The van der Waals surface area contributed by atoms with Gasteiger partial charge < -0.3 is 10.1 Å². The zero-order valence-electron chi connectivity index (χ0n) is 22.2. The van der Waals surface area contributed by atoms with Gasteiger partial charge in [0.2, 0.25) is 11.7 Å². The Labute approximate surface area is 232 Å². The third kappa shape index (κ3) is 4.99. The summed E-state index contributed by atoms with van der Waals surface area (Å²) in [7, 11) is -1.46. The molecule has 0 bridgehead atoms. The molecule has 8 nitrogen and oxygen atoms in total. The summed E-state index contributed by atoms with van der Waals surface area (Å²) in [6.45, 7) is 6.38. The Morgan fingerprint density at radius 3 is 2.67 bits per heavy atom. The summed E-state index contributed by atoms with van der Waals surface area (Å²) in [4.78, 5) is 4.98. The monoisotopic (exact) mass is 570 g/mol. The molecule has 12 heteroatoms. The molecule has 1 aromatic carbocycles. The molecule has 6 rings (SSSR count). The van der Waals surface area contributed by atoms with Crippen molar-refractivity contribution in [2.45, 2.75) is 56.3 Å². The Hall–Kier alpha value is -3.35. The van der Waals surface area contributed by atoms with Gasteiger partial charge in [-0.05, 0) is 79.4 Å². The van der Waals surface area contributed by atoms with Crippen LogP contribution in [0, 0.1) is 13.8 Å². The number of hydrogen-bond acceptors (Lipinski definition) is 6. The molecule has 5 heterocycles. The summed E-state index contributed by atoms with van der Waals surface area (Å²) in [5.41, 5.74) is 4.32. The van der Waals surface area contributed by atoms with Crippen molar-refractivity contribution in [3.05, 3.63) is 82.4 Å². The number of alkyl halides is 3. The maximum Gasteiger partial charge on any atom is 0.452 e. The van der Waals surface area contributed by atoms with Gasteiger partial charge in [-0.15, -0.1) is 10.2 Å². The van der Waals surface area contributed by atoms with Crippen molar-refractivity contribution in [2.24, 2.45) is 0 Å².